The fourth-order valence-corrected chi connectivity index (χ4v) is 2.25. The third kappa shape index (κ3) is 8.50. The Hall–Kier alpha value is -1.40. The molecule has 1 aromatic carbocycles. The maximum absolute atomic E-state index is 5.84. The summed E-state index contributed by atoms with van der Waals surface area (Å²) in [5, 5.41) is 6.72. The van der Waals surface area contributed by atoms with E-state index in [4.69, 9.17) is 14.5 Å². The highest BCUT2D eigenvalue weighted by atomic mass is 32.2. The van der Waals surface area contributed by atoms with Gasteiger partial charge in [0, 0.05) is 30.5 Å². The van der Waals surface area contributed by atoms with E-state index in [1.807, 2.05) is 11.8 Å². The van der Waals surface area contributed by atoms with Crippen LogP contribution in [0.3, 0.4) is 0 Å². The molecule has 0 aliphatic carbocycles. The Morgan fingerprint density at radius 2 is 2.00 bits per heavy atom. The number of thioether (sulfide) groups is 1. The van der Waals surface area contributed by atoms with Crippen LogP contribution in [0.15, 0.2) is 23.2 Å². The molecule has 0 aliphatic rings. The second-order valence-electron chi connectivity index (χ2n) is 6.46. The van der Waals surface area contributed by atoms with Crippen molar-refractivity contribution in [2.75, 3.05) is 39.7 Å². The lowest BCUT2D eigenvalue weighted by Crippen LogP contribution is -2.43. The van der Waals surface area contributed by atoms with Gasteiger partial charge in [-0.3, -0.25) is 0 Å². The second kappa shape index (κ2) is 11.3. The number of benzene rings is 1. The summed E-state index contributed by atoms with van der Waals surface area (Å²) in [7, 11) is 1.68. The average molecular weight is 368 g/mol. The number of hydrogen-bond acceptors (Lipinski definition) is 4. The first kappa shape index (κ1) is 21.6. The van der Waals surface area contributed by atoms with Gasteiger partial charge < -0.3 is 20.1 Å². The van der Waals surface area contributed by atoms with Gasteiger partial charge in [0.2, 0.25) is 0 Å². The van der Waals surface area contributed by atoms with E-state index in [9.17, 15) is 0 Å². The van der Waals surface area contributed by atoms with Crippen molar-refractivity contribution >= 4 is 17.7 Å². The number of aryl methyl sites for hydroxylation is 1. The minimum atomic E-state index is 0.161. The van der Waals surface area contributed by atoms with Crippen LogP contribution in [0.25, 0.3) is 0 Å². The van der Waals surface area contributed by atoms with Gasteiger partial charge in [0.15, 0.2) is 5.96 Å². The summed E-state index contributed by atoms with van der Waals surface area (Å²) in [5.74, 6) is 1.70. The van der Waals surface area contributed by atoms with Crippen molar-refractivity contribution in [2.24, 2.45) is 4.99 Å². The molecular formula is C19H33N3O2S. The molecule has 0 radical (unpaired) electrons. The zero-order valence-electron chi connectivity index (χ0n) is 16.4. The predicted octanol–water partition coefficient (Wildman–Crippen LogP) is 3.22. The molecular weight excluding hydrogens is 334 g/mol. The van der Waals surface area contributed by atoms with Crippen LogP contribution in [-0.4, -0.2) is 50.4 Å². The highest BCUT2D eigenvalue weighted by Crippen LogP contribution is 2.22. The van der Waals surface area contributed by atoms with E-state index in [-0.39, 0.29) is 4.75 Å². The van der Waals surface area contributed by atoms with Gasteiger partial charge in [-0.1, -0.05) is 12.1 Å². The molecule has 0 heterocycles. The summed E-state index contributed by atoms with van der Waals surface area (Å²) < 4.78 is 11.1. The smallest absolute Gasteiger partial charge is 0.191 e. The molecule has 6 heteroatoms. The van der Waals surface area contributed by atoms with Crippen molar-refractivity contribution in [2.45, 2.75) is 39.0 Å². The Morgan fingerprint density at radius 3 is 2.64 bits per heavy atom. The molecule has 0 saturated heterocycles. The van der Waals surface area contributed by atoms with Gasteiger partial charge in [-0.05, 0) is 45.6 Å². The fraction of sp³-hybridized carbons (Fsp3) is 0.632. The monoisotopic (exact) mass is 367 g/mol. The Labute approximate surface area is 157 Å². The van der Waals surface area contributed by atoms with Gasteiger partial charge in [0.1, 0.15) is 12.4 Å². The minimum Gasteiger partial charge on any atom is -0.491 e. The van der Waals surface area contributed by atoms with Crippen LogP contribution in [-0.2, 0) is 11.3 Å². The van der Waals surface area contributed by atoms with E-state index < -0.39 is 0 Å². The zero-order valence-corrected chi connectivity index (χ0v) is 17.3. The molecule has 0 bridgehead atoms. The lowest BCUT2D eigenvalue weighted by Gasteiger charge is -2.23. The largest absolute Gasteiger partial charge is 0.491 e. The lowest BCUT2D eigenvalue weighted by atomic mass is 10.1. The van der Waals surface area contributed by atoms with E-state index in [1.54, 1.807) is 7.11 Å². The Kier molecular flexibility index (Phi) is 9.75. The van der Waals surface area contributed by atoms with Crippen LogP contribution in [0.1, 0.15) is 31.9 Å². The van der Waals surface area contributed by atoms with E-state index in [0.29, 0.717) is 19.8 Å². The molecule has 5 nitrogen and oxygen atoms in total. The van der Waals surface area contributed by atoms with Crippen LogP contribution in [0.5, 0.6) is 5.75 Å². The zero-order chi connectivity index (χ0) is 18.7. The lowest BCUT2D eigenvalue weighted by molar-refractivity contribution is 0.145. The summed E-state index contributed by atoms with van der Waals surface area (Å²) in [5.41, 5.74) is 2.25. The molecule has 25 heavy (non-hydrogen) atoms. The van der Waals surface area contributed by atoms with Gasteiger partial charge >= 0.3 is 0 Å². The Bertz CT molecular complexity index is 547. The molecule has 142 valence electrons. The minimum absolute atomic E-state index is 0.161. The number of nitrogens with zero attached hydrogens (tertiary/aromatic N) is 1. The summed E-state index contributed by atoms with van der Waals surface area (Å²) >= 11 is 1.84. The van der Waals surface area contributed by atoms with Crippen LogP contribution < -0.4 is 15.4 Å². The van der Waals surface area contributed by atoms with Crippen LogP contribution in [0, 0.1) is 6.92 Å². The molecule has 0 aromatic heterocycles. The number of hydrogen-bond donors (Lipinski definition) is 2. The van der Waals surface area contributed by atoms with E-state index in [0.717, 1.165) is 30.4 Å². The molecule has 1 aromatic rings. The Balaban J connectivity index is 2.80. The number of methoxy groups -OCH3 is 1. The van der Waals surface area contributed by atoms with Gasteiger partial charge in [0.05, 0.1) is 13.2 Å². The number of aliphatic imine (C=N–C) groups is 1. The number of guanidine groups is 1. The van der Waals surface area contributed by atoms with E-state index >= 15 is 0 Å². The van der Waals surface area contributed by atoms with Crippen molar-refractivity contribution in [3.8, 4) is 5.75 Å². The number of nitrogens with one attached hydrogen (secondary N) is 2. The normalized spacial score (nSPS) is 12.2. The molecule has 2 N–H and O–H groups in total. The summed E-state index contributed by atoms with van der Waals surface area (Å²) in [6.07, 6.45) is 2.13. The van der Waals surface area contributed by atoms with Crippen LogP contribution in [0.4, 0.5) is 0 Å². The van der Waals surface area contributed by atoms with Crippen molar-refractivity contribution in [1.82, 2.24) is 10.6 Å². The third-order valence-corrected chi connectivity index (χ3v) is 5.00. The molecule has 0 saturated carbocycles. The first-order valence-electron chi connectivity index (χ1n) is 8.70. The van der Waals surface area contributed by atoms with Crippen molar-refractivity contribution in [1.29, 1.82) is 0 Å². The number of ether oxygens (including phenoxy) is 2. The molecule has 0 aliphatic heterocycles. The molecule has 0 atom stereocenters. The predicted molar refractivity (Wildman–Crippen MR) is 109 cm³/mol. The average Bonchev–Trinajstić information content (AvgIpc) is 2.59. The highest BCUT2D eigenvalue weighted by Gasteiger charge is 2.16. The summed E-state index contributed by atoms with van der Waals surface area (Å²) in [4.78, 5) is 4.71. The maximum atomic E-state index is 5.84. The third-order valence-electron chi connectivity index (χ3n) is 3.75. The first-order chi connectivity index (χ1) is 11.9. The van der Waals surface area contributed by atoms with E-state index in [2.05, 4.69) is 62.8 Å². The summed E-state index contributed by atoms with van der Waals surface area (Å²) in [6, 6.07) is 6.22. The topological polar surface area (TPSA) is 54.9 Å². The Morgan fingerprint density at radius 1 is 1.24 bits per heavy atom. The molecule has 1 rings (SSSR count). The van der Waals surface area contributed by atoms with Gasteiger partial charge in [-0.15, -0.1) is 0 Å². The second-order valence-corrected chi connectivity index (χ2v) is 7.98. The summed E-state index contributed by atoms with van der Waals surface area (Å²) in [6.45, 7) is 11.9. The molecule has 0 unspecified atom stereocenters. The van der Waals surface area contributed by atoms with Crippen molar-refractivity contribution in [3.05, 3.63) is 29.3 Å². The molecule has 0 fully saturated rings. The standard InChI is InChI=1S/C19H33N3O2S/c1-7-20-18(22-14-19(3,4)25-6)21-13-16-9-8-15(2)12-17(16)24-11-10-23-5/h8-9,12H,7,10-11,13-14H2,1-6H3,(H2,20,21,22). The van der Waals surface area contributed by atoms with Crippen LogP contribution in [0.2, 0.25) is 0 Å². The quantitative estimate of drug-likeness (QED) is 0.378. The molecule has 0 spiro atoms. The maximum Gasteiger partial charge on any atom is 0.191 e. The molecule has 0 amide bonds. The SMILES string of the molecule is CCNC(=NCc1ccc(C)cc1OCCOC)NCC(C)(C)SC. The van der Waals surface area contributed by atoms with Gasteiger partial charge in [-0.25, -0.2) is 4.99 Å². The van der Waals surface area contributed by atoms with Gasteiger partial charge in [-0.2, -0.15) is 11.8 Å². The van der Waals surface area contributed by atoms with Crippen LogP contribution >= 0.6 is 11.8 Å². The van der Waals surface area contributed by atoms with Crippen molar-refractivity contribution in [3.63, 3.8) is 0 Å². The van der Waals surface area contributed by atoms with Crippen molar-refractivity contribution < 1.29 is 9.47 Å². The fourth-order valence-electron chi connectivity index (χ4n) is 2.04. The highest BCUT2D eigenvalue weighted by molar-refractivity contribution is 7.99. The first-order valence-corrected chi connectivity index (χ1v) is 9.93. The number of rotatable bonds is 10. The van der Waals surface area contributed by atoms with Gasteiger partial charge in [0.25, 0.3) is 0 Å². The van der Waals surface area contributed by atoms with E-state index in [1.165, 1.54) is 5.56 Å².